The van der Waals surface area contributed by atoms with Gasteiger partial charge in [0, 0.05) is 0 Å². The van der Waals surface area contributed by atoms with Crippen LogP contribution in [0.5, 0.6) is 0 Å². The van der Waals surface area contributed by atoms with Crippen LogP contribution < -0.4 is 0 Å². The van der Waals surface area contributed by atoms with Gasteiger partial charge < -0.3 is 0 Å². The molecule has 0 bridgehead atoms. The maximum absolute atomic E-state index is 4.80. The van der Waals surface area contributed by atoms with Crippen LogP contribution >= 0.6 is 0 Å². The van der Waals surface area contributed by atoms with E-state index in [4.69, 9.17) is 4.98 Å². The molecule has 3 aromatic rings. The van der Waals surface area contributed by atoms with Crippen molar-refractivity contribution in [2.24, 2.45) is 0 Å². The molecule has 0 aliphatic heterocycles. The van der Waals surface area contributed by atoms with Gasteiger partial charge in [0.05, 0.1) is 0 Å². The van der Waals surface area contributed by atoms with Crippen molar-refractivity contribution in [3.63, 3.8) is 0 Å². The fourth-order valence-corrected chi connectivity index (χ4v) is 2.76. The van der Waals surface area contributed by atoms with E-state index in [2.05, 4.69) is 39.7 Å². The normalized spacial score (nSPS) is 9.76. The van der Waals surface area contributed by atoms with E-state index in [1.807, 2.05) is 42.5 Å². The number of nitrogens with zero attached hydrogens (tertiary/aromatic N) is 1. The summed E-state index contributed by atoms with van der Waals surface area (Å²) in [6.45, 7) is 0. The number of rotatable bonds is 2. The van der Waals surface area contributed by atoms with Gasteiger partial charge in [-0.15, -0.1) is 0 Å². The second-order valence-corrected chi connectivity index (χ2v) is 5.54. The van der Waals surface area contributed by atoms with Crippen molar-refractivity contribution in [1.29, 1.82) is 0 Å². The first-order valence-corrected chi connectivity index (χ1v) is 8.62. The van der Waals surface area contributed by atoms with Crippen molar-refractivity contribution in [2.45, 2.75) is 0 Å². The van der Waals surface area contributed by atoms with Gasteiger partial charge in [-0.1, -0.05) is 0 Å². The van der Waals surface area contributed by atoms with Gasteiger partial charge in [-0.25, -0.2) is 0 Å². The molecular formula is C19H12NPb. The van der Waals surface area contributed by atoms with Crippen molar-refractivity contribution < 1.29 is 0 Å². The van der Waals surface area contributed by atoms with Crippen LogP contribution in [0.1, 0.15) is 5.56 Å². The molecule has 0 atom stereocenters. The minimum atomic E-state index is 0.881. The van der Waals surface area contributed by atoms with Gasteiger partial charge >= 0.3 is 141 Å². The van der Waals surface area contributed by atoms with E-state index in [9.17, 15) is 0 Å². The Kier molecular flexibility index (Phi) is 4.46. The van der Waals surface area contributed by atoms with Crippen LogP contribution in [0, 0.1) is 9.40 Å². The standard InChI is InChI=1S/C19H12N.Pb/c1-2-15-9-6-7-12-17(15)19-14-8-13-18(20-19)16-10-4-3-5-11-16;/h3-14H;. The summed E-state index contributed by atoms with van der Waals surface area (Å²) in [7, 11) is 0. The van der Waals surface area contributed by atoms with Crippen molar-refractivity contribution in [1.82, 2.24) is 4.98 Å². The molecule has 21 heavy (non-hydrogen) atoms. The van der Waals surface area contributed by atoms with Crippen molar-refractivity contribution in [3.8, 4) is 31.9 Å². The molecule has 0 saturated carbocycles. The van der Waals surface area contributed by atoms with Crippen molar-refractivity contribution >= 4 is 25.8 Å². The van der Waals surface area contributed by atoms with Gasteiger partial charge in [-0.3, -0.25) is 0 Å². The molecule has 1 nitrogen and oxygen atoms in total. The van der Waals surface area contributed by atoms with Gasteiger partial charge in [0.15, 0.2) is 0 Å². The average Bonchev–Trinajstić information content (AvgIpc) is 2.57. The SMILES string of the molecule is [Pb][C]#Cc1ccccc1-c1cccc(-c2ccccc2)n1. The molecule has 1 heterocycles. The first-order chi connectivity index (χ1) is 10.4. The molecule has 0 aliphatic rings. The molecule has 2 aromatic carbocycles. The van der Waals surface area contributed by atoms with Crippen LogP contribution in [-0.2, 0) is 0 Å². The molecular weight excluding hydrogens is 449 g/mol. The molecule has 0 aliphatic carbocycles. The topological polar surface area (TPSA) is 12.9 Å². The number of hydrogen-bond acceptors (Lipinski definition) is 1. The molecule has 1 aromatic heterocycles. The molecule has 97 valence electrons. The third-order valence-corrected chi connectivity index (χ3v) is 3.70. The number of hydrogen-bond donors (Lipinski definition) is 0. The monoisotopic (exact) mass is 462 g/mol. The van der Waals surface area contributed by atoms with E-state index < -0.39 is 0 Å². The Morgan fingerprint density at radius 2 is 1.43 bits per heavy atom. The molecule has 0 spiro atoms. The van der Waals surface area contributed by atoms with Crippen LogP contribution in [0.3, 0.4) is 0 Å². The summed E-state index contributed by atoms with van der Waals surface area (Å²) in [6.07, 6.45) is 0. The summed E-state index contributed by atoms with van der Waals surface area (Å²) in [5.74, 6) is 3.21. The van der Waals surface area contributed by atoms with Crippen LogP contribution in [0.2, 0.25) is 0 Å². The summed E-state index contributed by atoms with van der Waals surface area (Å²) < 4.78 is 3.10. The summed E-state index contributed by atoms with van der Waals surface area (Å²) in [5, 5.41) is 0. The van der Waals surface area contributed by atoms with E-state index in [-0.39, 0.29) is 0 Å². The van der Waals surface area contributed by atoms with E-state index in [0.29, 0.717) is 0 Å². The predicted molar refractivity (Wildman–Crippen MR) is 87.7 cm³/mol. The Morgan fingerprint density at radius 1 is 0.714 bits per heavy atom. The molecule has 3 rings (SSSR count). The van der Waals surface area contributed by atoms with Gasteiger partial charge in [0.1, 0.15) is 0 Å². The van der Waals surface area contributed by atoms with Gasteiger partial charge in [-0.05, 0) is 0 Å². The fourth-order valence-electron chi connectivity index (χ4n) is 2.24. The molecule has 0 N–H and O–H groups in total. The molecule has 0 unspecified atom stereocenters. The van der Waals surface area contributed by atoms with E-state index in [1.165, 1.54) is 0 Å². The second-order valence-electron chi connectivity index (χ2n) is 4.57. The summed E-state index contributed by atoms with van der Waals surface area (Å²) in [5.41, 5.74) is 5.23. The number of benzene rings is 2. The Labute approximate surface area is 140 Å². The van der Waals surface area contributed by atoms with E-state index in [0.717, 1.165) is 53.8 Å². The molecule has 2 heteroatoms. The molecule has 0 fully saturated rings. The zero-order chi connectivity index (χ0) is 14.5. The van der Waals surface area contributed by atoms with E-state index >= 15 is 0 Å². The number of aromatic nitrogens is 1. The Morgan fingerprint density at radius 3 is 2.24 bits per heavy atom. The summed E-state index contributed by atoms with van der Waals surface area (Å²) >= 11 is 0.881. The van der Waals surface area contributed by atoms with Crippen molar-refractivity contribution in [3.05, 3.63) is 78.4 Å². The number of pyridine rings is 1. The quantitative estimate of drug-likeness (QED) is 0.417. The summed E-state index contributed by atoms with van der Waals surface area (Å²) in [4.78, 5) is 4.80. The molecule has 0 saturated heterocycles. The second kappa shape index (κ2) is 6.68. The Bertz CT molecular complexity index is 813. The molecule has 0 amide bonds. The minimum absolute atomic E-state index is 0.881. The average molecular weight is 462 g/mol. The maximum atomic E-state index is 4.80. The van der Waals surface area contributed by atoms with Crippen LogP contribution in [-0.4, -0.2) is 30.8 Å². The van der Waals surface area contributed by atoms with Gasteiger partial charge in [0.2, 0.25) is 0 Å². The van der Waals surface area contributed by atoms with E-state index in [1.54, 1.807) is 0 Å². The first-order valence-electron chi connectivity index (χ1n) is 6.68. The Balaban J connectivity index is 2.10. The third kappa shape index (κ3) is 3.22. The fraction of sp³-hybridized carbons (Fsp3) is 0. The van der Waals surface area contributed by atoms with Crippen molar-refractivity contribution in [2.75, 3.05) is 0 Å². The third-order valence-electron chi connectivity index (χ3n) is 3.22. The zero-order valence-electron chi connectivity index (χ0n) is 11.4. The van der Waals surface area contributed by atoms with Gasteiger partial charge in [-0.2, -0.15) is 0 Å². The van der Waals surface area contributed by atoms with Crippen LogP contribution in [0.4, 0.5) is 0 Å². The first kappa shape index (κ1) is 14.0. The Hall–Kier alpha value is -1.93. The zero-order valence-corrected chi connectivity index (χ0v) is 15.3. The van der Waals surface area contributed by atoms with Crippen LogP contribution in [0.25, 0.3) is 22.5 Å². The summed E-state index contributed by atoms with van der Waals surface area (Å²) in [6, 6.07) is 24.6. The van der Waals surface area contributed by atoms with Crippen LogP contribution in [0.15, 0.2) is 72.8 Å². The van der Waals surface area contributed by atoms with Gasteiger partial charge in [0.25, 0.3) is 0 Å². The predicted octanol–water partition coefficient (Wildman–Crippen LogP) is 3.89. The molecule has 3 radical (unpaired) electrons.